The Morgan fingerprint density at radius 3 is 2.24 bits per heavy atom. The second-order valence-corrected chi connectivity index (χ2v) is 8.02. The molecule has 3 aromatic rings. The third-order valence-electron chi connectivity index (χ3n) is 5.01. The molecule has 198 valence electrons. The molecular formula is C27H26ClN3O7. The highest BCUT2D eigenvalue weighted by Gasteiger charge is 2.14. The van der Waals surface area contributed by atoms with Crippen molar-refractivity contribution in [3.05, 3.63) is 82.4 Å². The Bertz CT molecular complexity index is 1330. The number of esters is 1. The van der Waals surface area contributed by atoms with Gasteiger partial charge >= 0.3 is 5.97 Å². The molecule has 0 aliphatic rings. The summed E-state index contributed by atoms with van der Waals surface area (Å²) in [5, 5.41) is 6.92. The summed E-state index contributed by atoms with van der Waals surface area (Å²) in [4.78, 5) is 36.9. The van der Waals surface area contributed by atoms with Crippen molar-refractivity contribution in [1.82, 2.24) is 10.7 Å². The molecule has 0 heterocycles. The van der Waals surface area contributed by atoms with Gasteiger partial charge in [-0.15, -0.1) is 0 Å². The summed E-state index contributed by atoms with van der Waals surface area (Å²) in [5.41, 5.74) is 3.56. The second kappa shape index (κ2) is 13.7. The number of hydrazone groups is 1. The number of halogens is 1. The molecule has 0 saturated heterocycles. The first kappa shape index (κ1) is 28.0. The maximum absolute atomic E-state index is 12.4. The molecule has 2 amide bonds. The number of hydrogen-bond donors (Lipinski definition) is 2. The molecule has 10 nitrogen and oxygen atoms in total. The van der Waals surface area contributed by atoms with E-state index in [4.69, 9.17) is 30.5 Å². The number of carbonyl (C=O) groups excluding carboxylic acids is 3. The van der Waals surface area contributed by atoms with Gasteiger partial charge < -0.3 is 24.3 Å². The normalized spacial score (nSPS) is 10.5. The summed E-state index contributed by atoms with van der Waals surface area (Å²) in [6, 6.07) is 15.8. The van der Waals surface area contributed by atoms with E-state index < -0.39 is 17.8 Å². The zero-order chi connectivity index (χ0) is 27.5. The minimum Gasteiger partial charge on any atom is -0.493 e. The number of methoxy groups -OCH3 is 2. The van der Waals surface area contributed by atoms with Crippen molar-refractivity contribution >= 4 is 35.6 Å². The predicted molar refractivity (Wildman–Crippen MR) is 142 cm³/mol. The van der Waals surface area contributed by atoms with Crippen molar-refractivity contribution in [2.75, 3.05) is 27.4 Å². The highest BCUT2D eigenvalue weighted by molar-refractivity contribution is 6.30. The van der Waals surface area contributed by atoms with E-state index in [0.717, 1.165) is 0 Å². The van der Waals surface area contributed by atoms with E-state index in [9.17, 15) is 14.4 Å². The number of benzene rings is 3. The molecule has 0 fully saturated rings. The molecule has 3 aromatic carbocycles. The molecule has 0 aromatic heterocycles. The van der Waals surface area contributed by atoms with Gasteiger partial charge in [0.1, 0.15) is 0 Å². The van der Waals surface area contributed by atoms with Crippen LogP contribution in [0.2, 0.25) is 5.02 Å². The number of carbonyl (C=O) groups is 3. The number of amides is 2. The lowest BCUT2D eigenvalue weighted by Gasteiger charge is -2.11. The summed E-state index contributed by atoms with van der Waals surface area (Å²) < 4.78 is 21.4. The van der Waals surface area contributed by atoms with Crippen LogP contribution in [0.1, 0.15) is 33.2 Å². The van der Waals surface area contributed by atoms with Crippen LogP contribution in [0.25, 0.3) is 0 Å². The monoisotopic (exact) mass is 539 g/mol. The Morgan fingerprint density at radius 2 is 1.55 bits per heavy atom. The summed E-state index contributed by atoms with van der Waals surface area (Å²) in [5.74, 6) is -0.129. The number of nitrogens with zero attached hydrogens (tertiary/aromatic N) is 1. The van der Waals surface area contributed by atoms with Crippen molar-refractivity contribution in [3.8, 4) is 23.0 Å². The maximum Gasteiger partial charge on any atom is 0.343 e. The zero-order valence-electron chi connectivity index (χ0n) is 20.9. The smallest absolute Gasteiger partial charge is 0.343 e. The molecule has 0 spiro atoms. The minimum atomic E-state index is -0.563. The van der Waals surface area contributed by atoms with Gasteiger partial charge in [-0.05, 0) is 73.2 Å². The van der Waals surface area contributed by atoms with Crippen molar-refractivity contribution < 1.29 is 33.3 Å². The number of hydrogen-bond acceptors (Lipinski definition) is 8. The summed E-state index contributed by atoms with van der Waals surface area (Å²) in [6.07, 6.45) is 1.39. The van der Waals surface area contributed by atoms with Gasteiger partial charge in [0, 0.05) is 10.6 Å². The molecule has 0 atom stereocenters. The fourth-order valence-corrected chi connectivity index (χ4v) is 3.29. The van der Waals surface area contributed by atoms with Crippen LogP contribution in [-0.4, -0.2) is 51.4 Å². The lowest BCUT2D eigenvalue weighted by Crippen LogP contribution is -2.34. The van der Waals surface area contributed by atoms with E-state index in [1.54, 1.807) is 61.5 Å². The van der Waals surface area contributed by atoms with E-state index in [1.165, 1.54) is 26.5 Å². The highest BCUT2D eigenvalue weighted by Crippen LogP contribution is 2.29. The predicted octanol–water partition coefficient (Wildman–Crippen LogP) is 3.86. The van der Waals surface area contributed by atoms with Crippen LogP contribution in [-0.2, 0) is 4.79 Å². The first-order valence-corrected chi connectivity index (χ1v) is 11.8. The topological polar surface area (TPSA) is 125 Å². The van der Waals surface area contributed by atoms with Gasteiger partial charge in [-0.25, -0.2) is 10.2 Å². The van der Waals surface area contributed by atoms with Gasteiger partial charge in [0.05, 0.1) is 39.1 Å². The Labute approximate surface area is 224 Å². The van der Waals surface area contributed by atoms with Crippen LogP contribution in [0.15, 0.2) is 65.8 Å². The molecule has 0 unspecified atom stereocenters. The summed E-state index contributed by atoms with van der Waals surface area (Å²) in [6.45, 7) is 1.83. The summed E-state index contributed by atoms with van der Waals surface area (Å²) >= 11 is 5.86. The van der Waals surface area contributed by atoms with Crippen LogP contribution in [0.4, 0.5) is 0 Å². The Morgan fingerprint density at radius 1 is 0.868 bits per heavy atom. The van der Waals surface area contributed by atoms with Gasteiger partial charge in [-0.2, -0.15) is 5.10 Å². The standard InChI is InChI=1S/C27H26ClN3O7/c1-4-37-24-13-17(5-11-22(24)38-27(34)18-6-9-20(28)10-7-18)15-30-31-25(32)16-29-26(33)19-8-12-21(35-2)23(14-19)36-3/h5-15H,4,16H2,1-3H3,(H,29,33)(H,31,32)/b30-15+. The molecule has 11 heteroatoms. The van der Waals surface area contributed by atoms with Gasteiger partial charge in [-0.3, -0.25) is 9.59 Å². The largest absolute Gasteiger partial charge is 0.493 e. The van der Waals surface area contributed by atoms with Crippen molar-refractivity contribution in [1.29, 1.82) is 0 Å². The molecular weight excluding hydrogens is 514 g/mol. The van der Waals surface area contributed by atoms with Gasteiger partial charge in [0.2, 0.25) is 0 Å². The van der Waals surface area contributed by atoms with Gasteiger partial charge in [0.15, 0.2) is 23.0 Å². The number of ether oxygens (including phenoxy) is 4. The fraction of sp³-hybridized carbons (Fsp3) is 0.185. The SMILES string of the molecule is CCOc1cc(/C=N/NC(=O)CNC(=O)c2ccc(OC)c(OC)c2)ccc1OC(=O)c1ccc(Cl)cc1. The lowest BCUT2D eigenvalue weighted by atomic mass is 10.2. The molecule has 38 heavy (non-hydrogen) atoms. The third kappa shape index (κ3) is 7.71. The van der Waals surface area contributed by atoms with E-state index in [-0.39, 0.29) is 12.3 Å². The lowest BCUT2D eigenvalue weighted by molar-refractivity contribution is -0.120. The van der Waals surface area contributed by atoms with E-state index in [0.29, 0.717) is 45.6 Å². The van der Waals surface area contributed by atoms with Crippen LogP contribution in [0.5, 0.6) is 23.0 Å². The minimum absolute atomic E-state index is 0.228. The third-order valence-corrected chi connectivity index (χ3v) is 5.26. The van der Waals surface area contributed by atoms with E-state index in [2.05, 4.69) is 15.8 Å². The fourth-order valence-electron chi connectivity index (χ4n) is 3.16. The molecule has 3 rings (SSSR count). The van der Waals surface area contributed by atoms with Gasteiger partial charge in [-0.1, -0.05) is 11.6 Å². The molecule has 0 aliphatic heterocycles. The molecule has 0 saturated carbocycles. The molecule has 0 radical (unpaired) electrons. The zero-order valence-corrected chi connectivity index (χ0v) is 21.7. The molecule has 0 aliphatic carbocycles. The Hall–Kier alpha value is -4.57. The van der Waals surface area contributed by atoms with E-state index in [1.807, 2.05) is 0 Å². The first-order chi connectivity index (χ1) is 18.3. The Balaban J connectivity index is 1.56. The van der Waals surface area contributed by atoms with Crippen LogP contribution >= 0.6 is 11.6 Å². The van der Waals surface area contributed by atoms with Crippen molar-refractivity contribution in [2.24, 2.45) is 5.10 Å². The number of nitrogens with one attached hydrogen (secondary N) is 2. The first-order valence-electron chi connectivity index (χ1n) is 11.4. The average Bonchev–Trinajstić information content (AvgIpc) is 2.93. The highest BCUT2D eigenvalue weighted by atomic mass is 35.5. The second-order valence-electron chi connectivity index (χ2n) is 7.58. The van der Waals surface area contributed by atoms with E-state index >= 15 is 0 Å². The quantitative estimate of drug-likeness (QED) is 0.164. The van der Waals surface area contributed by atoms with Crippen molar-refractivity contribution in [2.45, 2.75) is 6.92 Å². The molecule has 0 bridgehead atoms. The average molecular weight is 540 g/mol. The maximum atomic E-state index is 12.4. The molecule has 2 N–H and O–H groups in total. The van der Waals surface area contributed by atoms with Crippen LogP contribution in [0, 0.1) is 0 Å². The number of rotatable bonds is 11. The van der Waals surface area contributed by atoms with Gasteiger partial charge in [0.25, 0.3) is 11.8 Å². The van der Waals surface area contributed by atoms with Crippen LogP contribution < -0.4 is 29.7 Å². The Kier molecular flexibility index (Phi) is 10.1. The van der Waals surface area contributed by atoms with Crippen LogP contribution in [0.3, 0.4) is 0 Å². The van der Waals surface area contributed by atoms with Crippen molar-refractivity contribution in [3.63, 3.8) is 0 Å². The summed E-state index contributed by atoms with van der Waals surface area (Å²) in [7, 11) is 2.95.